The van der Waals surface area contributed by atoms with Gasteiger partial charge in [-0.3, -0.25) is 4.79 Å². The van der Waals surface area contributed by atoms with Gasteiger partial charge >= 0.3 is 5.97 Å². The molecular weight excluding hydrogens is 322 g/mol. The number of carbonyl (C=O) groups excluding carboxylic acids is 2. The van der Waals surface area contributed by atoms with Gasteiger partial charge in [-0.05, 0) is 48.1 Å². The SMILES string of the molecule is COC(=O)c1ccc(/C=C/C(=O)N2CCCC2c2cccs2)cc1. The summed E-state index contributed by atoms with van der Waals surface area (Å²) in [4.78, 5) is 27.1. The van der Waals surface area contributed by atoms with Gasteiger partial charge in [-0.25, -0.2) is 4.79 Å². The van der Waals surface area contributed by atoms with Crippen LogP contribution in [0.4, 0.5) is 0 Å². The molecule has 0 spiro atoms. The third-order valence-corrected chi connectivity index (χ3v) is 5.13. The Kier molecular flexibility index (Phi) is 5.11. The minimum Gasteiger partial charge on any atom is -0.465 e. The zero-order valence-electron chi connectivity index (χ0n) is 13.5. The van der Waals surface area contributed by atoms with Crippen LogP contribution in [0.1, 0.15) is 39.7 Å². The van der Waals surface area contributed by atoms with E-state index in [-0.39, 0.29) is 17.9 Å². The van der Waals surface area contributed by atoms with E-state index in [9.17, 15) is 9.59 Å². The van der Waals surface area contributed by atoms with Gasteiger partial charge < -0.3 is 9.64 Å². The number of benzene rings is 1. The molecule has 124 valence electrons. The Bertz CT molecular complexity index is 734. The van der Waals surface area contributed by atoms with Gasteiger partial charge in [0.1, 0.15) is 0 Å². The summed E-state index contributed by atoms with van der Waals surface area (Å²) in [6.45, 7) is 0.799. The lowest BCUT2D eigenvalue weighted by Gasteiger charge is -2.22. The fourth-order valence-corrected chi connectivity index (χ4v) is 3.79. The monoisotopic (exact) mass is 341 g/mol. The number of rotatable bonds is 4. The number of hydrogen-bond donors (Lipinski definition) is 0. The van der Waals surface area contributed by atoms with Crippen molar-refractivity contribution < 1.29 is 14.3 Å². The molecule has 1 atom stereocenters. The van der Waals surface area contributed by atoms with E-state index in [4.69, 9.17) is 0 Å². The van der Waals surface area contributed by atoms with E-state index >= 15 is 0 Å². The second-order valence-corrected chi connectivity index (χ2v) is 6.63. The lowest BCUT2D eigenvalue weighted by Crippen LogP contribution is -2.28. The van der Waals surface area contributed by atoms with Crippen molar-refractivity contribution >= 4 is 29.3 Å². The molecular formula is C19H19NO3S. The molecule has 24 heavy (non-hydrogen) atoms. The maximum Gasteiger partial charge on any atom is 0.337 e. The van der Waals surface area contributed by atoms with Crippen molar-refractivity contribution in [3.05, 3.63) is 63.9 Å². The molecule has 2 aromatic rings. The van der Waals surface area contributed by atoms with Gasteiger partial charge in [-0.1, -0.05) is 18.2 Å². The molecule has 1 aliphatic heterocycles. The minimum atomic E-state index is -0.363. The largest absolute Gasteiger partial charge is 0.465 e. The van der Waals surface area contributed by atoms with E-state index in [0.717, 1.165) is 24.9 Å². The predicted octanol–water partition coefficient (Wildman–Crippen LogP) is 3.91. The van der Waals surface area contributed by atoms with Crippen molar-refractivity contribution in [3.8, 4) is 0 Å². The number of thiophene rings is 1. The molecule has 0 N–H and O–H groups in total. The molecule has 1 amide bonds. The van der Waals surface area contributed by atoms with Crippen LogP contribution in [0.25, 0.3) is 6.08 Å². The van der Waals surface area contributed by atoms with Gasteiger partial charge in [0, 0.05) is 17.5 Å². The standard InChI is InChI=1S/C19H19NO3S/c1-23-19(22)15-9-6-14(7-10-15)8-11-18(21)20-12-2-4-16(20)17-5-3-13-24-17/h3,5-11,13,16H,2,4,12H2,1H3/b11-8+. The summed E-state index contributed by atoms with van der Waals surface area (Å²) in [6, 6.07) is 11.3. The maximum absolute atomic E-state index is 12.5. The number of nitrogens with zero attached hydrogens (tertiary/aromatic N) is 1. The molecule has 1 unspecified atom stereocenters. The lowest BCUT2D eigenvalue weighted by molar-refractivity contribution is -0.126. The van der Waals surface area contributed by atoms with Crippen LogP contribution >= 0.6 is 11.3 Å². The van der Waals surface area contributed by atoms with E-state index < -0.39 is 0 Å². The molecule has 1 aliphatic rings. The fraction of sp³-hybridized carbons (Fsp3) is 0.263. The zero-order chi connectivity index (χ0) is 16.9. The first-order valence-corrected chi connectivity index (χ1v) is 8.77. The number of methoxy groups -OCH3 is 1. The highest BCUT2D eigenvalue weighted by atomic mass is 32.1. The van der Waals surface area contributed by atoms with Crippen molar-refractivity contribution in [1.82, 2.24) is 4.90 Å². The summed E-state index contributed by atoms with van der Waals surface area (Å²) < 4.78 is 4.67. The molecule has 1 aromatic carbocycles. The Morgan fingerprint density at radius 1 is 1.25 bits per heavy atom. The summed E-state index contributed by atoms with van der Waals surface area (Å²) in [5.41, 5.74) is 1.38. The topological polar surface area (TPSA) is 46.6 Å². The second-order valence-electron chi connectivity index (χ2n) is 5.65. The van der Waals surface area contributed by atoms with E-state index in [1.165, 1.54) is 12.0 Å². The van der Waals surface area contributed by atoms with Crippen LogP contribution in [0, 0.1) is 0 Å². The number of likely N-dealkylation sites (tertiary alicyclic amines) is 1. The summed E-state index contributed by atoms with van der Waals surface area (Å²) in [6.07, 6.45) is 5.45. The summed E-state index contributed by atoms with van der Waals surface area (Å²) in [5.74, 6) is -0.333. The van der Waals surface area contributed by atoms with E-state index in [1.54, 1.807) is 47.8 Å². The van der Waals surface area contributed by atoms with Crippen LogP contribution in [-0.4, -0.2) is 30.4 Å². The molecule has 4 nitrogen and oxygen atoms in total. The molecule has 1 saturated heterocycles. The zero-order valence-corrected chi connectivity index (χ0v) is 14.3. The van der Waals surface area contributed by atoms with E-state index in [1.807, 2.05) is 11.0 Å². The van der Waals surface area contributed by atoms with Crippen LogP contribution in [0.15, 0.2) is 47.9 Å². The predicted molar refractivity (Wildman–Crippen MR) is 94.8 cm³/mol. The average molecular weight is 341 g/mol. The van der Waals surface area contributed by atoms with Gasteiger partial charge in [0.2, 0.25) is 5.91 Å². The first-order valence-electron chi connectivity index (χ1n) is 7.89. The lowest BCUT2D eigenvalue weighted by atomic mass is 10.1. The average Bonchev–Trinajstić information content (AvgIpc) is 3.30. The van der Waals surface area contributed by atoms with Crippen molar-refractivity contribution in [2.24, 2.45) is 0 Å². The van der Waals surface area contributed by atoms with Crippen LogP contribution in [-0.2, 0) is 9.53 Å². The normalized spacial score (nSPS) is 17.4. The molecule has 0 bridgehead atoms. The van der Waals surface area contributed by atoms with Gasteiger partial charge in [0.05, 0.1) is 18.7 Å². The van der Waals surface area contributed by atoms with Gasteiger partial charge in [-0.15, -0.1) is 11.3 Å². The van der Waals surface area contributed by atoms with Crippen molar-refractivity contribution in [3.63, 3.8) is 0 Å². The Balaban J connectivity index is 1.67. The summed E-state index contributed by atoms with van der Waals surface area (Å²) in [7, 11) is 1.36. The molecule has 1 aromatic heterocycles. The number of amides is 1. The molecule has 0 aliphatic carbocycles. The first-order chi connectivity index (χ1) is 11.7. The van der Waals surface area contributed by atoms with Crippen molar-refractivity contribution in [2.45, 2.75) is 18.9 Å². The van der Waals surface area contributed by atoms with Crippen molar-refractivity contribution in [1.29, 1.82) is 0 Å². The van der Waals surface area contributed by atoms with Crippen LogP contribution in [0.5, 0.6) is 0 Å². The molecule has 0 radical (unpaired) electrons. The molecule has 1 fully saturated rings. The van der Waals surface area contributed by atoms with Gasteiger partial charge in [0.15, 0.2) is 0 Å². The summed E-state index contributed by atoms with van der Waals surface area (Å²) >= 11 is 1.70. The second kappa shape index (κ2) is 7.45. The smallest absolute Gasteiger partial charge is 0.337 e. The Labute approximate surface area is 145 Å². The molecule has 2 heterocycles. The maximum atomic E-state index is 12.5. The minimum absolute atomic E-state index is 0.0305. The quantitative estimate of drug-likeness (QED) is 0.626. The van der Waals surface area contributed by atoms with Crippen LogP contribution in [0.2, 0.25) is 0 Å². The molecule has 3 rings (SSSR count). The van der Waals surface area contributed by atoms with Crippen LogP contribution < -0.4 is 0 Å². The fourth-order valence-electron chi connectivity index (χ4n) is 2.92. The van der Waals surface area contributed by atoms with Crippen molar-refractivity contribution in [2.75, 3.05) is 13.7 Å². The van der Waals surface area contributed by atoms with Crippen LogP contribution in [0.3, 0.4) is 0 Å². The number of ether oxygens (including phenoxy) is 1. The highest BCUT2D eigenvalue weighted by Crippen LogP contribution is 2.34. The molecule has 5 heteroatoms. The number of carbonyl (C=O) groups is 2. The highest BCUT2D eigenvalue weighted by Gasteiger charge is 2.29. The van der Waals surface area contributed by atoms with Gasteiger partial charge in [0.25, 0.3) is 0 Å². The molecule has 0 saturated carbocycles. The third kappa shape index (κ3) is 3.57. The van der Waals surface area contributed by atoms with Gasteiger partial charge in [-0.2, -0.15) is 0 Å². The Morgan fingerprint density at radius 3 is 2.71 bits per heavy atom. The number of esters is 1. The number of hydrogen-bond acceptors (Lipinski definition) is 4. The summed E-state index contributed by atoms with van der Waals surface area (Å²) in [5, 5.41) is 2.05. The Hall–Kier alpha value is -2.40. The highest BCUT2D eigenvalue weighted by molar-refractivity contribution is 7.10. The van der Waals surface area contributed by atoms with E-state index in [2.05, 4.69) is 16.2 Å². The first kappa shape index (κ1) is 16.5. The van der Waals surface area contributed by atoms with E-state index in [0.29, 0.717) is 5.56 Å². The Morgan fingerprint density at radius 2 is 2.04 bits per heavy atom. The third-order valence-electron chi connectivity index (χ3n) is 4.16.